The summed E-state index contributed by atoms with van der Waals surface area (Å²) >= 11 is 0. The van der Waals surface area contributed by atoms with E-state index in [0.29, 0.717) is 6.20 Å². The number of aromatic nitrogens is 2. The van der Waals surface area contributed by atoms with E-state index in [1.807, 2.05) is 0 Å². The van der Waals surface area contributed by atoms with Crippen LogP contribution in [-0.2, 0) is 23.4 Å². The number of halogens is 4. The number of carbonyl (C=O) groups is 1. The maximum absolute atomic E-state index is 15.1. The number of hydrogen-bond acceptors (Lipinski definition) is 10. The first-order chi connectivity index (χ1) is 18.2. The second kappa shape index (κ2) is 12.0. The standard InChI is InChI=1S/C22H27F4N4O8P/c1-11(2)36-19(32)12(3)29-39(34,38-13-7-5-4-6-8-13)35-10-22(20(25)26)16(31)15(24)18(37-22)30-9-14(23)17(27)28-21(30)33/h4-9,11-12,15-16,18,20,31H,10H2,1-3H3,(H,29,34)(H2,27,28,33)/t12-,15-,16-,18+,22+,39?/m0/s1. The molecule has 17 heteroatoms. The number of nitrogens with zero attached hydrogens (tertiary/aromatic N) is 2. The molecule has 1 aliphatic rings. The largest absolute Gasteiger partial charge is 0.462 e. The van der Waals surface area contributed by atoms with Crippen molar-refractivity contribution in [2.45, 2.75) is 63.4 Å². The van der Waals surface area contributed by atoms with Gasteiger partial charge in [0.25, 0.3) is 6.43 Å². The minimum absolute atomic E-state index is 0.0621. The fraction of sp³-hybridized carbons (Fsp3) is 0.500. The highest BCUT2D eigenvalue weighted by molar-refractivity contribution is 7.52. The number of benzene rings is 1. The number of nitrogens with one attached hydrogen (secondary N) is 1. The number of esters is 1. The Morgan fingerprint density at radius 3 is 2.54 bits per heavy atom. The first-order valence-electron chi connectivity index (χ1n) is 11.5. The number of nitrogens with two attached hydrogens (primary N) is 1. The molecule has 3 rings (SSSR count). The van der Waals surface area contributed by atoms with Gasteiger partial charge in [-0.3, -0.25) is 13.9 Å². The van der Waals surface area contributed by atoms with Crippen molar-refractivity contribution in [2.24, 2.45) is 0 Å². The van der Waals surface area contributed by atoms with Crippen molar-refractivity contribution in [1.29, 1.82) is 0 Å². The molecule has 1 aromatic carbocycles. The number of aliphatic hydroxyl groups is 1. The molecule has 6 atom stereocenters. The van der Waals surface area contributed by atoms with E-state index in [1.54, 1.807) is 19.9 Å². The van der Waals surface area contributed by atoms with E-state index in [2.05, 4.69) is 10.1 Å². The van der Waals surface area contributed by atoms with Crippen molar-refractivity contribution in [1.82, 2.24) is 14.6 Å². The fourth-order valence-corrected chi connectivity index (χ4v) is 5.05. The number of ether oxygens (including phenoxy) is 2. The Labute approximate surface area is 219 Å². The fourth-order valence-electron chi connectivity index (χ4n) is 3.52. The molecule has 12 nitrogen and oxygen atoms in total. The van der Waals surface area contributed by atoms with E-state index in [1.165, 1.54) is 31.2 Å². The smallest absolute Gasteiger partial charge is 0.459 e. The summed E-state index contributed by atoms with van der Waals surface area (Å²) in [6, 6.07) is 5.94. The number of carbonyl (C=O) groups excluding carboxylic acids is 1. The molecular weight excluding hydrogens is 555 g/mol. The van der Waals surface area contributed by atoms with E-state index >= 15 is 4.39 Å². The van der Waals surface area contributed by atoms with Gasteiger partial charge in [-0.25, -0.2) is 26.9 Å². The lowest BCUT2D eigenvalue weighted by Crippen LogP contribution is -2.52. The molecule has 1 unspecified atom stereocenters. The highest BCUT2D eigenvalue weighted by Gasteiger charge is 2.62. The summed E-state index contributed by atoms with van der Waals surface area (Å²) in [7, 11) is -4.75. The monoisotopic (exact) mass is 582 g/mol. The van der Waals surface area contributed by atoms with Crippen LogP contribution in [0, 0.1) is 5.82 Å². The van der Waals surface area contributed by atoms with Gasteiger partial charge in [-0.15, -0.1) is 0 Å². The zero-order valence-electron chi connectivity index (χ0n) is 20.9. The van der Waals surface area contributed by atoms with E-state index in [9.17, 15) is 32.4 Å². The third-order valence-corrected chi connectivity index (χ3v) is 7.10. The number of para-hydroxylation sites is 1. The van der Waals surface area contributed by atoms with E-state index < -0.39 is 80.3 Å². The topological polar surface area (TPSA) is 164 Å². The second-order valence-electron chi connectivity index (χ2n) is 8.83. The van der Waals surface area contributed by atoms with Crippen molar-refractivity contribution >= 4 is 19.5 Å². The van der Waals surface area contributed by atoms with Gasteiger partial charge in [0, 0.05) is 0 Å². The molecular formula is C22H27F4N4O8P. The number of rotatable bonds is 11. The van der Waals surface area contributed by atoms with Gasteiger partial charge in [0.15, 0.2) is 29.6 Å². The molecule has 1 aliphatic heterocycles. The van der Waals surface area contributed by atoms with Crippen LogP contribution >= 0.6 is 7.75 Å². The minimum atomic E-state index is -4.75. The van der Waals surface area contributed by atoms with Gasteiger partial charge in [-0.05, 0) is 32.9 Å². The van der Waals surface area contributed by atoms with Crippen LogP contribution in [0.5, 0.6) is 5.75 Å². The molecule has 1 fully saturated rings. The van der Waals surface area contributed by atoms with Crippen molar-refractivity contribution < 1.29 is 50.5 Å². The Morgan fingerprint density at radius 1 is 1.31 bits per heavy atom. The summed E-state index contributed by atoms with van der Waals surface area (Å²) in [5.74, 6) is -3.05. The van der Waals surface area contributed by atoms with Crippen LogP contribution in [0.15, 0.2) is 41.3 Å². The summed E-state index contributed by atoms with van der Waals surface area (Å²) in [6.07, 6.45) is -11.5. The van der Waals surface area contributed by atoms with E-state index in [-0.39, 0.29) is 10.3 Å². The maximum atomic E-state index is 15.1. The van der Waals surface area contributed by atoms with Crippen molar-refractivity contribution in [3.63, 3.8) is 0 Å². The first kappa shape index (κ1) is 30.5. The quantitative estimate of drug-likeness (QED) is 0.202. The third-order valence-electron chi connectivity index (χ3n) is 5.48. The summed E-state index contributed by atoms with van der Waals surface area (Å²) in [5, 5.41) is 12.7. The summed E-state index contributed by atoms with van der Waals surface area (Å²) in [4.78, 5) is 27.5. The molecule has 4 N–H and O–H groups in total. The Morgan fingerprint density at radius 2 is 1.95 bits per heavy atom. The van der Waals surface area contributed by atoms with Gasteiger partial charge in [-0.1, -0.05) is 18.2 Å². The summed E-state index contributed by atoms with van der Waals surface area (Å²) in [6.45, 7) is 2.89. The van der Waals surface area contributed by atoms with Crippen LogP contribution in [0.1, 0.15) is 27.0 Å². The summed E-state index contributed by atoms with van der Waals surface area (Å²) in [5.41, 5.74) is 0.618. The molecule has 1 saturated heterocycles. The Balaban J connectivity index is 1.92. The zero-order valence-corrected chi connectivity index (χ0v) is 21.8. The highest BCUT2D eigenvalue weighted by Crippen LogP contribution is 2.49. The minimum Gasteiger partial charge on any atom is -0.462 e. The Kier molecular flexibility index (Phi) is 9.39. The highest BCUT2D eigenvalue weighted by atomic mass is 31.2. The van der Waals surface area contributed by atoms with Crippen LogP contribution in [0.4, 0.5) is 23.4 Å². The SMILES string of the molecule is CC(C)OC(=O)[C@H](C)NP(=O)(OC[C@@]1(C(F)F)O[C@@H](n2cc(F)c(N)nc2=O)[C@@H](F)[C@@H]1O)Oc1ccccc1. The molecule has 0 amide bonds. The Bertz CT molecular complexity index is 1270. The molecule has 0 bridgehead atoms. The molecule has 39 heavy (non-hydrogen) atoms. The van der Waals surface area contributed by atoms with Gasteiger partial charge < -0.3 is 24.8 Å². The average Bonchev–Trinajstić information content (AvgIpc) is 3.11. The lowest BCUT2D eigenvalue weighted by Gasteiger charge is -2.32. The maximum Gasteiger partial charge on any atom is 0.459 e. The average molecular weight is 582 g/mol. The lowest BCUT2D eigenvalue weighted by molar-refractivity contribution is -0.193. The van der Waals surface area contributed by atoms with Crippen molar-refractivity contribution in [3.8, 4) is 5.75 Å². The predicted molar refractivity (Wildman–Crippen MR) is 127 cm³/mol. The van der Waals surface area contributed by atoms with Crippen LogP contribution < -0.4 is 21.0 Å². The first-order valence-corrected chi connectivity index (χ1v) is 13.0. The lowest BCUT2D eigenvalue weighted by atomic mass is 9.97. The molecule has 1 aromatic heterocycles. The van der Waals surface area contributed by atoms with Crippen LogP contribution in [0.25, 0.3) is 0 Å². The number of anilines is 1. The van der Waals surface area contributed by atoms with Crippen molar-refractivity contribution in [3.05, 3.63) is 52.8 Å². The van der Waals surface area contributed by atoms with Gasteiger partial charge in [-0.2, -0.15) is 10.1 Å². The zero-order chi connectivity index (χ0) is 29.1. The predicted octanol–water partition coefficient (Wildman–Crippen LogP) is 2.33. The molecule has 0 aliphatic carbocycles. The van der Waals surface area contributed by atoms with Gasteiger partial charge in [0.1, 0.15) is 17.9 Å². The van der Waals surface area contributed by atoms with Crippen LogP contribution in [0.3, 0.4) is 0 Å². The van der Waals surface area contributed by atoms with Crippen LogP contribution in [-0.4, -0.2) is 63.7 Å². The van der Waals surface area contributed by atoms with E-state index in [0.717, 1.165) is 0 Å². The molecule has 0 saturated carbocycles. The van der Waals surface area contributed by atoms with Crippen LogP contribution in [0.2, 0.25) is 0 Å². The van der Waals surface area contributed by atoms with Gasteiger partial charge in [0.05, 0.1) is 18.9 Å². The van der Waals surface area contributed by atoms with Crippen molar-refractivity contribution in [2.75, 3.05) is 12.3 Å². The molecule has 2 heterocycles. The Hall–Kier alpha value is -3.04. The van der Waals surface area contributed by atoms with E-state index in [4.69, 9.17) is 24.3 Å². The number of aliphatic hydroxyl groups excluding tert-OH is 1. The summed E-state index contributed by atoms with van der Waals surface area (Å²) < 4.78 is 92.0. The van der Waals surface area contributed by atoms with Gasteiger partial charge >= 0.3 is 19.4 Å². The molecule has 2 aromatic rings. The molecule has 0 radical (unpaired) electrons. The normalized spacial score (nSPS) is 25.4. The molecule has 216 valence electrons. The van der Waals surface area contributed by atoms with Gasteiger partial charge in [0.2, 0.25) is 0 Å². The number of alkyl halides is 3. The number of hydrogen-bond donors (Lipinski definition) is 3. The molecule has 0 spiro atoms. The number of nitrogen functional groups attached to an aromatic ring is 1. The third kappa shape index (κ3) is 6.76. The second-order valence-corrected chi connectivity index (χ2v) is 10.5.